The van der Waals surface area contributed by atoms with Crippen molar-refractivity contribution in [2.45, 2.75) is 6.54 Å². The molecule has 1 rings (SSSR count). The molecule has 0 aliphatic carbocycles. The van der Waals surface area contributed by atoms with Crippen molar-refractivity contribution in [1.82, 2.24) is 0 Å². The summed E-state index contributed by atoms with van der Waals surface area (Å²) in [7, 11) is 0. The molecule has 0 saturated heterocycles. The van der Waals surface area contributed by atoms with Crippen LogP contribution >= 0.6 is 11.3 Å². The largest absolute Gasteiger partial charge is 0.326 e. The Labute approximate surface area is 62.9 Å². The molecule has 3 N–H and O–H groups in total. The number of nitrogens with one attached hydrogen (secondary N) is 1. The number of carbonyl (C=O) groups excluding carboxylic acids is 1. The van der Waals surface area contributed by atoms with E-state index in [4.69, 9.17) is 5.73 Å². The van der Waals surface area contributed by atoms with Gasteiger partial charge in [-0.05, 0) is 12.1 Å². The van der Waals surface area contributed by atoms with E-state index in [0.29, 0.717) is 13.0 Å². The van der Waals surface area contributed by atoms with Gasteiger partial charge in [-0.2, -0.15) is 0 Å². The molecule has 0 aliphatic heterocycles. The topological polar surface area (TPSA) is 55.1 Å². The Morgan fingerprint density at radius 3 is 3.00 bits per heavy atom. The maximum atomic E-state index is 9.94. The van der Waals surface area contributed by atoms with Gasteiger partial charge < -0.3 is 11.1 Å². The average Bonchev–Trinajstić information content (AvgIpc) is 2.37. The van der Waals surface area contributed by atoms with Crippen LogP contribution in [0, 0.1) is 0 Å². The highest BCUT2D eigenvalue weighted by atomic mass is 32.1. The van der Waals surface area contributed by atoms with Gasteiger partial charge in [0.05, 0.1) is 5.00 Å². The molecule has 1 amide bonds. The molecule has 4 heteroatoms. The van der Waals surface area contributed by atoms with Crippen molar-refractivity contribution in [3.05, 3.63) is 17.0 Å². The number of nitrogens with two attached hydrogens (primary N) is 1. The summed E-state index contributed by atoms with van der Waals surface area (Å²) >= 11 is 1.49. The minimum absolute atomic E-state index is 0.533. The van der Waals surface area contributed by atoms with Gasteiger partial charge in [0, 0.05) is 11.4 Å². The lowest BCUT2D eigenvalue weighted by atomic mass is 10.5. The van der Waals surface area contributed by atoms with Gasteiger partial charge in [0.15, 0.2) is 0 Å². The van der Waals surface area contributed by atoms with E-state index in [-0.39, 0.29) is 0 Å². The first-order valence-electron chi connectivity index (χ1n) is 2.86. The summed E-state index contributed by atoms with van der Waals surface area (Å²) in [5.41, 5.74) is 5.35. The molecular weight excluding hydrogens is 148 g/mol. The molecule has 0 radical (unpaired) electrons. The molecule has 3 nitrogen and oxygen atoms in total. The molecule has 0 aliphatic rings. The highest BCUT2D eigenvalue weighted by molar-refractivity contribution is 7.16. The maximum absolute atomic E-state index is 9.94. The molecule has 10 heavy (non-hydrogen) atoms. The number of thiophene rings is 1. The van der Waals surface area contributed by atoms with E-state index in [0.717, 1.165) is 9.88 Å². The molecular formula is C6H8N2OS. The van der Waals surface area contributed by atoms with Crippen molar-refractivity contribution >= 4 is 22.7 Å². The van der Waals surface area contributed by atoms with Crippen LogP contribution in [-0.2, 0) is 11.3 Å². The highest BCUT2D eigenvalue weighted by Crippen LogP contribution is 2.19. The van der Waals surface area contributed by atoms with E-state index in [9.17, 15) is 4.79 Å². The number of rotatable bonds is 3. The van der Waals surface area contributed by atoms with Gasteiger partial charge in [0.1, 0.15) is 0 Å². The first-order valence-corrected chi connectivity index (χ1v) is 3.67. The van der Waals surface area contributed by atoms with Crippen molar-refractivity contribution in [3.63, 3.8) is 0 Å². The zero-order valence-electron chi connectivity index (χ0n) is 5.33. The molecule has 0 fully saturated rings. The summed E-state index contributed by atoms with van der Waals surface area (Å²) in [5, 5.41) is 3.39. The number of amides is 1. The number of carbonyl (C=O) groups is 1. The fraction of sp³-hybridized carbons (Fsp3) is 0.167. The lowest BCUT2D eigenvalue weighted by Gasteiger charge is -1.87. The summed E-state index contributed by atoms with van der Waals surface area (Å²) in [6, 6.07) is 3.73. The molecule has 1 aromatic rings. The molecule has 54 valence electrons. The molecule has 0 unspecified atom stereocenters. The lowest BCUT2D eigenvalue weighted by Crippen LogP contribution is -1.91. The predicted molar refractivity (Wildman–Crippen MR) is 41.9 cm³/mol. The van der Waals surface area contributed by atoms with Crippen molar-refractivity contribution in [3.8, 4) is 0 Å². The van der Waals surface area contributed by atoms with Crippen LogP contribution in [0.1, 0.15) is 4.88 Å². The standard InChI is InChI=1S/C6H8N2OS/c7-3-5-1-2-6(10-5)8-4-9/h1-2,4H,3,7H2,(H,8,9). The summed E-state index contributed by atoms with van der Waals surface area (Å²) < 4.78 is 0. The van der Waals surface area contributed by atoms with E-state index in [1.807, 2.05) is 12.1 Å². The van der Waals surface area contributed by atoms with E-state index in [1.165, 1.54) is 11.3 Å². The van der Waals surface area contributed by atoms with E-state index in [2.05, 4.69) is 5.32 Å². The molecule has 0 spiro atoms. The second-order valence-corrected chi connectivity index (χ2v) is 2.90. The molecule has 0 saturated carbocycles. The first-order chi connectivity index (χ1) is 4.86. The quantitative estimate of drug-likeness (QED) is 0.635. The van der Waals surface area contributed by atoms with Crippen LogP contribution < -0.4 is 11.1 Å². The monoisotopic (exact) mass is 156 g/mol. The molecule has 0 bridgehead atoms. The van der Waals surface area contributed by atoms with Crippen LogP contribution in [0.2, 0.25) is 0 Å². The van der Waals surface area contributed by atoms with E-state index in [1.54, 1.807) is 0 Å². The van der Waals surface area contributed by atoms with Gasteiger partial charge in [-0.1, -0.05) is 0 Å². The lowest BCUT2D eigenvalue weighted by molar-refractivity contribution is -0.105. The third-order valence-electron chi connectivity index (χ3n) is 1.06. The number of anilines is 1. The van der Waals surface area contributed by atoms with Crippen LogP contribution in [0.3, 0.4) is 0 Å². The summed E-state index contributed by atoms with van der Waals surface area (Å²) in [6.45, 7) is 0.533. The SMILES string of the molecule is NCc1ccc(NC=O)s1. The minimum Gasteiger partial charge on any atom is -0.326 e. The zero-order chi connectivity index (χ0) is 7.40. The van der Waals surface area contributed by atoms with Gasteiger partial charge in [0.25, 0.3) is 0 Å². The highest BCUT2D eigenvalue weighted by Gasteiger charge is 1.94. The van der Waals surface area contributed by atoms with E-state index < -0.39 is 0 Å². The fourth-order valence-corrected chi connectivity index (χ4v) is 1.37. The Kier molecular flexibility index (Phi) is 2.42. The summed E-state index contributed by atoms with van der Waals surface area (Å²) in [4.78, 5) is 11.0. The Balaban J connectivity index is 2.67. The van der Waals surface area contributed by atoms with Crippen molar-refractivity contribution in [2.75, 3.05) is 5.32 Å². The maximum Gasteiger partial charge on any atom is 0.212 e. The second kappa shape index (κ2) is 3.34. The Bertz CT molecular complexity index is 221. The molecule has 0 atom stereocenters. The van der Waals surface area contributed by atoms with Crippen molar-refractivity contribution in [1.29, 1.82) is 0 Å². The van der Waals surface area contributed by atoms with Crippen molar-refractivity contribution in [2.24, 2.45) is 5.73 Å². The Morgan fingerprint density at radius 1 is 1.70 bits per heavy atom. The normalized spacial score (nSPS) is 9.30. The van der Waals surface area contributed by atoms with Gasteiger partial charge >= 0.3 is 0 Å². The summed E-state index contributed by atoms with van der Waals surface area (Å²) in [5.74, 6) is 0. The van der Waals surface area contributed by atoms with Gasteiger partial charge in [0.2, 0.25) is 6.41 Å². The predicted octanol–water partition coefficient (Wildman–Crippen LogP) is 0.775. The Hall–Kier alpha value is -0.870. The number of hydrogen-bond acceptors (Lipinski definition) is 3. The van der Waals surface area contributed by atoms with Crippen LogP contribution in [0.25, 0.3) is 0 Å². The minimum atomic E-state index is 0.533. The molecule has 1 heterocycles. The number of hydrogen-bond donors (Lipinski definition) is 2. The smallest absolute Gasteiger partial charge is 0.212 e. The summed E-state index contributed by atoms with van der Waals surface area (Å²) in [6.07, 6.45) is 0.659. The van der Waals surface area contributed by atoms with E-state index >= 15 is 0 Å². The zero-order valence-corrected chi connectivity index (χ0v) is 6.15. The van der Waals surface area contributed by atoms with Crippen molar-refractivity contribution < 1.29 is 4.79 Å². The van der Waals surface area contributed by atoms with Gasteiger partial charge in [-0.15, -0.1) is 11.3 Å². The van der Waals surface area contributed by atoms with Crippen LogP contribution in [-0.4, -0.2) is 6.41 Å². The fourth-order valence-electron chi connectivity index (χ4n) is 0.623. The second-order valence-electron chi connectivity index (χ2n) is 1.73. The van der Waals surface area contributed by atoms with Gasteiger partial charge in [-0.25, -0.2) is 0 Å². The van der Waals surface area contributed by atoms with Crippen LogP contribution in [0.5, 0.6) is 0 Å². The first kappa shape index (κ1) is 7.24. The third kappa shape index (κ3) is 1.55. The van der Waals surface area contributed by atoms with Crippen LogP contribution in [0.15, 0.2) is 12.1 Å². The van der Waals surface area contributed by atoms with Gasteiger partial charge in [-0.3, -0.25) is 4.79 Å². The Morgan fingerprint density at radius 2 is 2.50 bits per heavy atom. The molecule has 0 aromatic carbocycles. The molecule has 1 aromatic heterocycles. The third-order valence-corrected chi connectivity index (χ3v) is 2.10. The average molecular weight is 156 g/mol. The van der Waals surface area contributed by atoms with Crippen LogP contribution in [0.4, 0.5) is 5.00 Å².